The van der Waals surface area contributed by atoms with Crippen LogP contribution in [0.15, 0.2) is 152 Å². The van der Waals surface area contributed by atoms with E-state index in [2.05, 4.69) is 181 Å². The Morgan fingerprint density at radius 2 is 0.653 bits per heavy atom. The van der Waals surface area contributed by atoms with Gasteiger partial charge in [0, 0.05) is 109 Å². The van der Waals surface area contributed by atoms with E-state index in [9.17, 15) is 52.7 Å². The maximum Gasteiger partial charge on any atom is 1.00 e. The van der Waals surface area contributed by atoms with Crippen molar-refractivity contribution in [3.05, 3.63) is 179 Å². The fourth-order valence-corrected chi connectivity index (χ4v) is 16.1. The molecule has 29 nitrogen and oxygen atoms in total. The van der Waals surface area contributed by atoms with Crippen LogP contribution in [0.4, 0.5) is 0 Å². The molecule has 5 aromatic carbocycles. The van der Waals surface area contributed by atoms with Crippen molar-refractivity contribution in [2.45, 2.75) is 287 Å². The normalized spacial score (nSPS) is 14.6. The summed E-state index contributed by atoms with van der Waals surface area (Å²) in [5, 5.41) is 37.1. The molecule has 5 aliphatic heterocycles. The van der Waals surface area contributed by atoms with Gasteiger partial charge in [0.25, 0.3) is 0 Å². The molecule has 0 saturated carbocycles. The molecule has 147 heavy (non-hydrogen) atoms. The summed E-state index contributed by atoms with van der Waals surface area (Å²) in [6, 6.07) is 53.0. The second-order valence-electron chi connectivity index (χ2n) is 34.5. The molecule has 10 rings (SSSR count). The van der Waals surface area contributed by atoms with E-state index in [0.29, 0.717) is 74.6 Å². The van der Waals surface area contributed by atoms with Gasteiger partial charge in [-0.25, -0.2) is 19.4 Å². The number of benzene rings is 5. The van der Waals surface area contributed by atoms with Crippen molar-refractivity contribution in [2.75, 3.05) is 124 Å². The van der Waals surface area contributed by atoms with Gasteiger partial charge >= 0.3 is 90.2 Å². The van der Waals surface area contributed by atoms with Crippen molar-refractivity contribution in [1.29, 1.82) is 0 Å². The van der Waals surface area contributed by atoms with Crippen molar-refractivity contribution < 1.29 is 161 Å². The van der Waals surface area contributed by atoms with E-state index in [1.165, 1.54) is 36.5 Å². The van der Waals surface area contributed by atoms with E-state index >= 15 is 0 Å². The Morgan fingerprint density at radius 1 is 0.415 bits per heavy atom. The molecule has 4 unspecified atom stereocenters. The van der Waals surface area contributed by atoms with Gasteiger partial charge in [0.1, 0.15) is 18.2 Å². The molecule has 37 heteroatoms. The smallest absolute Gasteiger partial charge is 0.870 e. The molecule has 5 aromatic rings. The number of halogens is 5. The summed E-state index contributed by atoms with van der Waals surface area (Å²) in [6.45, 7) is 28.5. The summed E-state index contributed by atoms with van der Waals surface area (Å²) in [7, 11) is 3.85. The number of aliphatic carboxylic acids is 2. The van der Waals surface area contributed by atoms with E-state index in [1.54, 1.807) is 6.92 Å². The van der Waals surface area contributed by atoms with Crippen LogP contribution in [0.1, 0.15) is 320 Å². The number of hydrogen-bond donors (Lipinski definition) is 5. The predicted octanol–water partition coefficient (Wildman–Crippen LogP) is 14.1. The number of alkyl halides is 4. The van der Waals surface area contributed by atoms with Gasteiger partial charge in [-0.15, -0.1) is 58.8 Å². The molecule has 3 radical (unpaired) electrons. The van der Waals surface area contributed by atoms with E-state index < -0.39 is 23.9 Å². The molecule has 5 aliphatic rings. The Kier molecular flexibility index (Phi) is 110. The van der Waals surface area contributed by atoms with Gasteiger partial charge in [-0.2, -0.15) is 0 Å². The minimum Gasteiger partial charge on any atom is -0.870 e. The van der Waals surface area contributed by atoms with Crippen molar-refractivity contribution in [2.24, 2.45) is 35.3 Å². The third-order valence-corrected chi connectivity index (χ3v) is 24.4. The van der Waals surface area contributed by atoms with Crippen LogP contribution in [-0.2, 0) is 81.5 Å². The first-order valence-electron chi connectivity index (χ1n) is 50.0. The number of nitrogens with two attached hydrogens (primary N) is 1. The number of likely N-dealkylation sites (tertiary alicyclic amines) is 4. The number of unbranched alkanes of at least 4 members (excludes halogenated alkanes) is 11. The summed E-state index contributed by atoms with van der Waals surface area (Å²) in [4.78, 5) is 148. The fraction of sp³-hybridized carbons (Fsp3) is 0.618. The van der Waals surface area contributed by atoms with Crippen LogP contribution in [0, 0.1) is 29.6 Å². The van der Waals surface area contributed by atoms with E-state index in [4.69, 9.17) is 86.8 Å². The number of piperidine rings is 5. The number of esters is 4. The second-order valence-corrected chi connectivity index (χ2v) is 36.1. The number of aliphatic hydroxyl groups is 2. The minimum absolute atomic E-state index is 0. The monoisotopic (exact) mass is 2160 g/mol. The number of methoxy groups -OCH3 is 2. The molecule has 7 N–H and O–H groups in total. The van der Waals surface area contributed by atoms with Gasteiger partial charge in [0.05, 0.1) is 55.9 Å². The van der Waals surface area contributed by atoms with Crippen molar-refractivity contribution in [1.82, 2.24) is 24.9 Å². The molecular weight excluding hydrogens is 1990 g/mol. The number of carbonyl (C=O) groups is 12. The number of ether oxygens (including phenoxy) is 4. The predicted molar refractivity (Wildman–Crippen MR) is 580 cm³/mol. The summed E-state index contributed by atoms with van der Waals surface area (Å²) in [5.74, 6) is -1.74. The Balaban J connectivity index is -0.000000252. The summed E-state index contributed by atoms with van der Waals surface area (Å²) >= 11 is 19.1. The van der Waals surface area contributed by atoms with E-state index in [0.717, 1.165) is 266 Å². The molecule has 0 bridgehead atoms. The number of nitrogens with one attached hydrogen (secondary N) is 1. The van der Waals surface area contributed by atoms with Crippen molar-refractivity contribution in [3.8, 4) is 0 Å². The number of carboxylic acids is 2. The zero-order valence-electron chi connectivity index (χ0n) is 89.9. The van der Waals surface area contributed by atoms with Gasteiger partial charge in [-0.05, 0) is 252 Å². The van der Waals surface area contributed by atoms with Crippen LogP contribution in [0.5, 0.6) is 0 Å². The molecule has 5 saturated heterocycles. The van der Waals surface area contributed by atoms with Crippen molar-refractivity contribution >= 4 is 138 Å². The number of nitrogens with zero attached hydrogens (tertiary/aromatic N) is 4. The molecule has 0 aromatic heterocycles. The fourth-order valence-electron chi connectivity index (χ4n) is 16.1. The average Bonchev–Trinajstić information content (AvgIpc) is 0.864. The Bertz CT molecular complexity index is 3940. The maximum atomic E-state index is 12.5. The van der Waals surface area contributed by atoms with Gasteiger partial charge in [0.2, 0.25) is 0 Å². The molecule has 823 valence electrons. The van der Waals surface area contributed by atoms with Crippen molar-refractivity contribution in [3.63, 3.8) is 0 Å². The van der Waals surface area contributed by atoms with E-state index in [1.807, 2.05) is 56.3 Å². The Labute approximate surface area is 941 Å². The number of hydrogen-bond acceptors (Lipinski definition) is 28. The van der Waals surface area contributed by atoms with Gasteiger partial charge < -0.3 is 60.7 Å². The first kappa shape index (κ1) is 156. The first-order chi connectivity index (χ1) is 67.8. The zero-order chi connectivity index (χ0) is 106. The maximum absolute atomic E-state index is 12.5. The van der Waals surface area contributed by atoms with Gasteiger partial charge in [-0.3, -0.25) is 62.8 Å². The van der Waals surface area contributed by atoms with Crippen LogP contribution >= 0.6 is 58.8 Å². The third kappa shape index (κ3) is 79.9. The quantitative estimate of drug-likeness (QED) is 0.00356. The minimum atomic E-state index is -1.08. The molecule has 5 heterocycles. The number of aliphatic hydroxyl groups excluding tert-OH is 2. The van der Waals surface area contributed by atoms with Crippen LogP contribution < -0.4 is 64.6 Å². The SMILES string of the molecule is C.CC(=O)OOC(C)=O.CC(=O)[O-].CC(=O)c1ccccc1.CC(c1ccccc1)N1CCC(C(=O)CCCCCCCC(=O)CO)CC1.CC(c1ccccc1)N1CCC(C(=O)O)CC1.CCOC(=O)C1CCN(C(C)c2ccccc2)CC1.CCOC(=O)C1CCNCC1.CO.COC(=O)CCCCCCCC(=O)C1CCN(C(C)c2ccccc2)CC1.COC(=O)CCCCCCN.Cl.ClCCl.ClCCl.[B].[Li+].[Na+].[OH-]. The summed E-state index contributed by atoms with van der Waals surface area (Å²) in [6.07, 6.45) is 26.4. The molecule has 0 amide bonds. The number of rotatable bonds is 39. The molecule has 4 atom stereocenters. The summed E-state index contributed by atoms with van der Waals surface area (Å²) in [5.41, 5.74) is 11.4. The molecule has 0 spiro atoms. The number of Topliss-reactive ketones (excluding diaryl/α,β-unsaturated/α-hetero) is 4. The molecular formula is C110H175BCl5LiN6NaO23. The average molecular weight is 2170 g/mol. The standard InChI is InChI=1S/2C23H35NO3.C16H23NO2.C14H19NO2.C8H15NO2.C8H17NO2.C8H8O.C4H6O4.C2H4O2.2CH2Cl2.CH4O.CH4.B.ClH.Li.Na.H2O/c1-19(20-11-7-6-8-12-20)24-17-15-21(16-18-24)22(25)13-9-4-3-5-10-14-23(26)27-2;1-19(20-10-6-5-7-11-20)24-16-14-21(15-17-24)23(27)13-9-4-2-3-8-12-22(26)18-25;1-3-19-16(18)15-9-11-17(12-10-15)13(2)14-7-5-4-6-8-14;1-11(12-5-3-2-4-6-12)15-9-7-13(8-10-15)14(16)17;1-2-11-8(10)7-3-5-9-6-4-7;1-11-8(10)6-4-2-3-5-7-9;1-7(9)8-5-3-2-4-6-8;1-3(5)7-8-4(2)6;1-2(3)4;2*2-1-3;1-2;;;;;;/h6-8,11-12,19,21H,3-5,9-10,13-18H2,1-2H3;5-7,10-11,19,21,25H,2-4,8-9,12-18H2,1H3;4-8,13,15H,3,9-12H2,1-2H3;2-6,11,13H,7-10H2,1H3,(H,16,17);7,9H,2-6H2,1H3;2-7,9H2,1H3;2-6H,1H3;1-2H3;1H3,(H,3,4);2*1H2;2H,1H3;1H4;;1H;;;1H2/q;;;;;;;;;;;;;;;2*+1;/p-2. The largest absolute Gasteiger partial charge is 1.00 e. The topological polar surface area (TPSA) is 425 Å². The van der Waals surface area contributed by atoms with Crippen LogP contribution in [0.2, 0.25) is 0 Å². The Hall–Kier alpha value is -6.71. The summed E-state index contributed by atoms with van der Waals surface area (Å²) < 4.78 is 19.1. The number of ketones is 4. The van der Waals surface area contributed by atoms with Gasteiger partial charge in [0.15, 0.2) is 11.6 Å². The zero-order valence-corrected chi connectivity index (χ0v) is 95.7. The number of carboxylic acid groups (broad SMARTS) is 2. The van der Waals surface area contributed by atoms with E-state index in [-0.39, 0.29) is 164 Å². The second kappa shape index (κ2) is 104. The van der Waals surface area contributed by atoms with Gasteiger partial charge in [-0.1, -0.05) is 210 Å². The molecule has 5 fully saturated rings. The first-order valence-corrected chi connectivity index (χ1v) is 52.1. The third-order valence-electron chi connectivity index (χ3n) is 24.4. The van der Waals surface area contributed by atoms with Crippen LogP contribution in [-0.4, -0.2) is 244 Å². The molecule has 0 aliphatic carbocycles. The Morgan fingerprint density at radius 3 is 0.891 bits per heavy atom. The number of carbonyl (C=O) groups excluding carboxylic acids is 11. The van der Waals surface area contributed by atoms with Crippen LogP contribution in [0.25, 0.3) is 0 Å². The van der Waals surface area contributed by atoms with Crippen LogP contribution in [0.3, 0.4) is 0 Å².